The van der Waals surface area contributed by atoms with E-state index >= 15 is 0 Å². The summed E-state index contributed by atoms with van der Waals surface area (Å²) in [5.74, 6) is 0.564. The van der Waals surface area contributed by atoms with Gasteiger partial charge in [-0.05, 0) is 34.7 Å². The van der Waals surface area contributed by atoms with E-state index in [0.29, 0.717) is 18.1 Å². The van der Waals surface area contributed by atoms with Gasteiger partial charge in [-0.2, -0.15) is 5.26 Å². The van der Waals surface area contributed by atoms with Gasteiger partial charge in [0, 0.05) is 24.7 Å². The molecular weight excluding hydrogens is 342 g/mol. The van der Waals surface area contributed by atoms with Crippen LogP contribution in [-0.4, -0.2) is 22.9 Å². The molecule has 132 valence electrons. The first-order valence-corrected chi connectivity index (χ1v) is 9.31. The Labute approximate surface area is 158 Å². The minimum absolute atomic E-state index is 0.161. The average molecular weight is 363 g/mol. The molecule has 0 aliphatic carbocycles. The zero-order valence-corrected chi connectivity index (χ0v) is 15.4. The maximum absolute atomic E-state index is 9.13. The zero-order valence-electron chi connectivity index (χ0n) is 14.6. The lowest BCUT2D eigenvalue weighted by atomic mass is 10.1. The Morgan fingerprint density at radius 1 is 1.31 bits per heavy atom. The van der Waals surface area contributed by atoms with Crippen molar-refractivity contribution in [3.05, 3.63) is 71.8 Å². The number of hydrogen-bond acceptors (Lipinski definition) is 6. The summed E-state index contributed by atoms with van der Waals surface area (Å²) >= 11 is 1.46. The molecule has 0 fully saturated rings. The van der Waals surface area contributed by atoms with Crippen LogP contribution in [0.3, 0.4) is 0 Å². The Morgan fingerprint density at radius 3 is 2.73 bits per heavy atom. The monoisotopic (exact) mass is 363 g/mol. The molecule has 0 unspecified atom stereocenters. The van der Waals surface area contributed by atoms with Crippen molar-refractivity contribution in [1.82, 2.24) is 4.90 Å². The first-order chi connectivity index (χ1) is 12.7. The van der Waals surface area contributed by atoms with Crippen molar-refractivity contribution in [2.45, 2.75) is 13.0 Å². The fraction of sp³-hybridized carbons (Fsp3) is 0.150. The molecule has 2 rings (SSSR count). The van der Waals surface area contributed by atoms with Gasteiger partial charge in [0.1, 0.15) is 5.82 Å². The van der Waals surface area contributed by atoms with Crippen LogP contribution < -0.4 is 5.73 Å². The van der Waals surface area contributed by atoms with Gasteiger partial charge in [-0.25, -0.2) is 4.99 Å². The molecule has 26 heavy (non-hydrogen) atoms. The van der Waals surface area contributed by atoms with Crippen LogP contribution in [0, 0.1) is 16.7 Å². The molecule has 0 amide bonds. The highest BCUT2D eigenvalue weighted by molar-refractivity contribution is 8.11. The van der Waals surface area contributed by atoms with E-state index in [9.17, 15) is 0 Å². The second-order valence-electron chi connectivity index (χ2n) is 5.42. The highest BCUT2D eigenvalue weighted by Crippen LogP contribution is 2.23. The van der Waals surface area contributed by atoms with E-state index in [1.165, 1.54) is 29.6 Å². The molecule has 0 aliphatic heterocycles. The molecule has 3 N–H and O–H groups in total. The molecule has 2 aromatic rings. The maximum atomic E-state index is 9.13. The molecule has 0 saturated heterocycles. The number of rotatable bonds is 8. The summed E-state index contributed by atoms with van der Waals surface area (Å²) in [6, 6.07) is 16.5. The average Bonchev–Trinajstić information content (AvgIpc) is 2.68. The van der Waals surface area contributed by atoms with E-state index in [0.717, 1.165) is 10.9 Å². The van der Waals surface area contributed by atoms with Crippen LogP contribution in [0.25, 0.3) is 10.8 Å². The predicted molar refractivity (Wildman–Crippen MR) is 111 cm³/mol. The van der Waals surface area contributed by atoms with Crippen molar-refractivity contribution < 1.29 is 0 Å². The molecule has 5 nitrogen and oxygen atoms in total. The standard InChI is InChI=1S/C20H21N5S/c1-26-15-24-20(9-11-22)25(19(13-23)8-10-21)14-16-6-7-17-4-2-3-5-18(17)12-16/h2-7,9,11-13,15,22H,8,14,23H2,1H3/b19-13-,20-9+,22-11?,24-15+. The summed E-state index contributed by atoms with van der Waals surface area (Å²) in [5, 5.41) is 18.9. The Bertz CT molecular complexity index is 892. The van der Waals surface area contributed by atoms with Crippen LogP contribution >= 0.6 is 11.8 Å². The minimum atomic E-state index is 0.161. The van der Waals surface area contributed by atoms with Crippen molar-refractivity contribution >= 4 is 34.3 Å². The van der Waals surface area contributed by atoms with Crippen LogP contribution in [0.1, 0.15) is 12.0 Å². The number of nitrogens with zero attached hydrogens (tertiary/aromatic N) is 3. The summed E-state index contributed by atoms with van der Waals surface area (Å²) in [7, 11) is 0. The van der Waals surface area contributed by atoms with E-state index in [2.05, 4.69) is 41.4 Å². The number of nitriles is 1. The van der Waals surface area contributed by atoms with Gasteiger partial charge in [0.05, 0.1) is 18.0 Å². The van der Waals surface area contributed by atoms with E-state index in [-0.39, 0.29) is 6.42 Å². The number of allylic oxidation sites excluding steroid dienone is 2. The van der Waals surface area contributed by atoms with Crippen molar-refractivity contribution in [2.24, 2.45) is 10.7 Å². The van der Waals surface area contributed by atoms with Crippen LogP contribution in [-0.2, 0) is 6.54 Å². The summed E-state index contributed by atoms with van der Waals surface area (Å²) in [5.41, 5.74) is 9.18. The lowest BCUT2D eigenvalue weighted by molar-refractivity contribution is 0.409. The topological polar surface area (TPSA) is 89.3 Å². The molecule has 0 atom stereocenters. The number of benzene rings is 2. The number of hydrogen-bond donors (Lipinski definition) is 2. The predicted octanol–water partition coefficient (Wildman–Crippen LogP) is 4.24. The number of fused-ring (bicyclic) bond motifs is 1. The SMILES string of the molecule is CS/C=N/C(=C\C=N)N(Cc1ccc2ccccc2c1)/C(=C\N)CC#N. The molecule has 0 radical (unpaired) electrons. The van der Waals surface area contributed by atoms with Gasteiger partial charge in [-0.15, -0.1) is 11.8 Å². The van der Waals surface area contributed by atoms with Crippen molar-refractivity contribution in [3.8, 4) is 6.07 Å². The molecule has 0 aromatic heterocycles. The highest BCUT2D eigenvalue weighted by atomic mass is 32.2. The second-order valence-corrected chi connectivity index (χ2v) is 6.10. The fourth-order valence-corrected chi connectivity index (χ4v) is 2.77. The molecule has 0 bridgehead atoms. The van der Waals surface area contributed by atoms with Crippen molar-refractivity contribution in [2.75, 3.05) is 6.26 Å². The Morgan fingerprint density at radius 2 is 2.08 bits per heavy atom. The molecule has 6 heteroatoms. The second kappa shape index (κ2) is 10.1. The number of nitrogens with one attached hydrogen (secondary N) is 1. The van der Waals surface area contributed by atoms with E-state index in [4.69, 9.17) is 16.4 Å². The first-order valence-electron chi connectivity index (χ1n) is 8.02. The van der Waals surface area contributed by atoms with Gasteiger partial charge in [0.25, 0.3) is 0 Å². The zero-order chi connectivity index (χ0) is 18.8. The molecule has 2 aromatic carbocycles. The largest absolute Gasteiger partial charge is 0.403 e. The van der Waals surface area contributed by atoms with Crippen molar-refractivity contribution in [3.63, 3.8) is 0 Å². The number of aliphatic imine (C=N–C) groups is 1. The highest BCUT2D eigenvalue weighted by Gasteiger charge is 2.15. The number of nitrogens with two attached hydrogens (primary N) is 1. The Hall–Kier alpha value is -3.04. The van der Waals surface area contributed by atoms with Gasteiger partial charge < -0.3 is 16.0 Å². The maximum Gasteiger partial charge on any atom is 0.135 e. The van der Waals surface area contributed by atoms with Crippen LogP contribution in [0.15, 0.2) is 71.3 Å². The van der Waals surface area contributed by atoms with Gasteiger partial charge in [0.2, 0.25) is 0 Å². The fourth-order valence-electron chi connectivity index (χ4n) is 2.56. The lowest BCUT2D eigenvalue weighted by Gasteiger charge is -2.26. The van der Waals surface area contributed by atoms with Crippen LogP contribution in [0.4, 0.5) is 0 Å². The molecular formula is C20H21N5S. The summed E-state index contributed by atoms with van der Waals surface area (Å²) in [4.78, 5) is 6.28. The quantitative estimate of drug-likeness (QED) is 0.542. The first kappa shape index (κ1) is 19.3. The third-order valence-electron chi connectivity index (χ3n) is 3.75. The van der Waals surface area contributed by atoms with Crippen LogP contribution in [0.2, 0.25) is 0 Å². The Kier molecular flexibility index (Phi) is 7.47. The molecule has 0 heterocycles. The smallest absolute Gasteiger partial charge is 0.135 e. The third-order valence-corrected chi connectivity index (χ3v) is 4.07. The molecule has 0 spiro atoms. The number of thioether (sulfide) groups is 1. The van der Waals surface area contributed by atoms with Crippen molar-refractivity contribution in [1.29, 1.82) is 10.7 Å². The molecule has 0 saturated carbocycles. The van der Waals surface area contributed by atoms with E-state index in [1.807, 2.05) is 23.3 Å². The Balaban J connectivity index is 2.44. The van der Waals surface area contributed by atoms with Gasteiger partial charge in [-0.1, -0.05) is 36.4 Å². The normalized spacial score (nSPS) is 12.3. The van der Waals surface area contributed by atoms with Crippen LogP contribution in [0.5, 0.6) is 0 Å². The third kappa shape index (κ3) is 4.98. The lowest BCUT2D eigenvalue weighted by Crippen LogP contribution is -2.22. The van der Waals surface area contributed by atoms with E-state index in [1.54, 1.807) is 11.6 Å². The molecule has 0 aliphatic rings. The minimum Gasteiger partial charge on any atom is -0.403 e. The summed E-state index contributed by atoms with van der Waals surface area (Å²) in [6.45, 7) is 0.501. The summed E-state index contributed by atoms with van der Waals surface area (Å²) < 4.78 is 0. The van der Waals surface area contributed by atoms with E-state index < -0.39 is 0 Å². The van der Waals surface area contributed by atoms with Gasteiger partial charge in [0.15, 0.2) is 0 Å². The van der Waals surface area contributed by atoms with Gasteiger partial charge in [-0.3, -0.25) is 0 Å². The van der Waals surface area contributed by atoms with Gasteiger partial charge >= 0.3 is 0 Å². The summed E-state index contributed by atoms with van der Waals surface area (Å²) in [6.07, 6.45) is 6.27.